The van der Waals surface area contributed by atoms with E-state index in [0.29, 0.717) is 0 Å². The highest BCUT2D eigenvalue weighted by molar-refractivity contribution is 4.93. The monoisotopic (exact) mass is 553 g/mol. The van der Waals surface area contributed by atoms with Crippen LogP contribution in [0.4, 0.5) is 0 Å². The summed E-state index contributed by atoms with van der Waals surface area (Å²) >= 11 is 0. The summed E-state index contributed by atoms with van der Waals surface area (Å²) in [7, 11) is 0. The van der Waals surface area contributed by atoms with Crippen LogP contribution in [0.3, 0.4) is 0 Å². The van der Waals surface area contributed by atoms with E-state index in [1.165, 1.54) is 53.5 Å². The number of hydrogen-bond donors (Lipinski definition) is 0. The summed E-state index contributed by atoms with van der Waals surface area (Å²) in [4.78, 5) is 0. The molecule has 0 aliphatic rings. The maximum absolute atomic E-state index is 3.67. The van der Waals surface area contributed by atoms with Crippen molar-refractivity contribution < 1.29 is 0 Å². The lowest BCUT2D eigenvalue weighted by Gasteiger charge is -1.85. The molecule has 0 spiro atoms. The summed E-state index contributed by atoms with van der Waals surface area (Å²) < 4.78 is 0. The van der Waals surface area contributed by atoms with Crippen LogP contribution in [0.2, 0.25) is 0 Å². The standard InChI is InChI=1S/C6H12.2C5H10.C4H10.2C4H8.C4H10.C4H8.C3H8/c1-4-6(3)5-2;2*1-4-5(2)3;3*1-4(2)3;2*1-3-4-2;1-3-2/h4H,5H2,1-3H3;4H,1-3H3;2,4H2,1,3H3;4H,1-3H3;2*1H2,2-3H3;3-4H2,1-2H3;3H,1,4H2,2H3;3H2,1-2H3. The summed E-state index contributed by atoms with van der Waals surface area (Å²) in [5.41, 5.74) is 6.44. The number of hydrogen-bond acceptors (Lipinski definition) is 0. The Balaban J connectivity index is -0.0000000373. The van der Waals surface area contributed by atoms with Gasteiger partial charge in [-0.25, -0.2) is 0 Å². The predicted molar refractivity (Wildman–Crippen MR) is 198 cm³/mol. The Kier molecular flexibility index (Phi) is 111. The lowest BCUT2D eigenvalue weighted by molar-refractivity contribution is 0.737. The Morgan fingerprint density at radius 1 is 0.590 bits per heavy atom. The fourth-order valence-electron chi connectivity index (χ4n) is 0.204. The van der Waals surface area contributed by atoms with Gasteiger partial charge in [0, 0.05) is 0 Å². The molecule has 0 amide bonds. The first kappa shape index (κ1) is 61.5. The van der Waals surface area contributed by atoms with Crippen molar-refractivity contribution in [1.29, 1.82) is 0 Å². The second-order valence-corrected chi connectivity index (χ2v) is 10.7. The van der Waals surface area contributed by atoms with Gasteiger partial charge in [-0.15, -0.1) is 26.3 Å². The van der Waals surface area contributed by atoms with Gasteiger partial charge in [0.15, 0.2) is 0 Å². The van der Waals surface area contributed by atoms with Gasteiger partial charge in [-0.3, -0.25) is 0 Å². The van der Waals surface area contributed by atoms with Gasteiger partial charge in [-0.2, -0.15) is 0 Å². The maximum atomic E-state index is 3.67. The van der Waals surface area contributed by atoms with E-state index in [0.717, 1.165) is 18.8 Å². The van der Waals surface area contributed by atoms with E-state index in [2.05, 4.69) is 135 Å². The van der Waals surface area contributed by atoms with Gasteiger partial charge in [-0.1, -0.05) is 135 Å². The van der Waals surface area contributed by atoms with Gasteiger partial charge in [0.1, 0.15) is 0 Å². The second kappa shape index (κ2) is 70.7. The Bertz CT molecular complexity index is 451. The van der Waals surface area contributed by atoms with E-state index in [4.69, 9.17) is 0 Å². The minimum absolute atomic E-state index is 0.833. The average Bonchev–Trinajstić information content (AvgIpc) is 2.83. The molecule has 0 bridgehead atoms. The van der Waals surface area contributed by atoms with Crippen molar-refractivity contribution in [2.45, 2.75) is 177 Å². The summed E-state index contributed by atoms with van der Waals surface area (Å²) in [5, 5.41) is 0. The van der Waals surface area contributed by atoms with Crippen LogP contribution in [0.15, 0.2) is 72.4 Å². The van der Waals surface area contributed by atoms with Crippen molar-refractivity contribution in [3.8, 4) is 0 Å². The van der Waals surface area contributed by atoms with Crippen molar-refractivity contribution in [1.82, 2.24) is 0 Å². The summed E-state index contributed by atoms with van der Waals surface area (Å²) in [6.07, 6.45) is 13.4. The number of unbranched alkanes of at least 4 members (excludes halogenated alkanes) is 1. The molecule has 0 aromatic heterocycles. The Morgan fingerprint density at radius 2 is 0.769 bits per heavy atom. The van der Waals surface area contributed by atoms with E-state index in [-0.39, 0.29) is 0 Å². The van der Waals surface area contributed by atoms with Crippen LogP contribution in [-0.2, 0) is 0 Å². The second-order valence-electron chi connectivity index (χ2n) is 10.7. The minimum atomic E-state index is 0.833. The highest BCUT2D eigenvalue weighted by Crippen LogP contribution is 1.94. The number of allylic oxidation sites excluding steroid dienone is 8. The molecular formula is C39H84. The molecule has 0 aromatic rings. The van der Waals surface area contributed by atoms with Crippen molar-refractivity contribution >= 4 is 0 Å². The molecular weight excluding hydrogens is 468 g/mol. The minimum Gasteiger partial charge on any atom is -0.103 e. The molecule has 0 saturated heterocycles. The lowest BCUT2D eigenvalue weighted by Crippen LogP contribution is -1.66. The van der Waals surface area contributed by atoms with E-state index in [1.807, 2.05) is 47.6 Å². The zero-order valence-electron chi connectivity index (χ0n) is 31.9. The topological polar surface area (TPSA) is 0 Å². The molecule has 0 radical (unpaired) electrons. The third-order valence-corrected chi connectivity index (χ3v) is 3.02. The molecule has 0 N–H and O–H groups in total. The Hall–Kier alpha value is -1.56. The average molecular weight is 553 g/mol. The predicted octanol–water partition coefficient (Wildman–Crippen LogP) is 15.9. The maximum Gasteiger partial charge on any atom is -0.0352 e. The molecule has 0 unspecified atom stereocenters. The normalized spacial score (nSPS) is 7.87. The first-order chi connectivity index (χ1) is 17.8. The van der Waals surface area contributed by atoms with Crippen LogP contribution in [-0.4, -0.2) is 0 Å². The fraction of sp³-hybridized carbons (Fsp3) is 0.692. The van der Waals surface area contributed by atoms with Crippen LogP contribution >= 0.6 is 0 Å². The van der Waals surface area contributed by atoms with E-state index >= 15 is 0 Å². The van der Waals surface area contributed by atoms with Crippen LogP contribution in [0.5, 0.6) is 0 Å². The van der Waals surface area contributed by atoms with Gasteiger partial charge in [0.2, 0.25) is 0 Å². The third-order valence-electron chi connectivity index (χ3n) is 3.02. The third kappa shape index (κ3) is 607. The van der Waals surface area contributed by atoms with Crippen molar-refractivity contribution in [3.05, 3.63) is 72.4 Å². The van der Waals surface area contributed by atoms with Crippen molar-refractivity contribution in [2.24, 2.45) is 5.92 Å². The van der Waals surface area contributed by atoms with Crippen LogP contribution < -0.4 is 0 Å². The quantitative estimate of drug-likeness (QED) is 0.304. The zero-order chi connectivity index (χ0) is 33.8. The Morgan fingerprint density at radius 3 is 0.769 bits per heavy atom. The van der Waals surface area contributed by atoms with Gasteiger partial charge >= 0.3 is 0 Å². The molecule has 0 rings (SSSR count). The van der Waals surface area contributed by atoms with Gasteiger partial charge in [0.05, 0.1) is 0 Å². The van der Waals surface area contributed by atoms with Crippen molar-refractivity contribution in [3.63, 3.8) is 0 Å². The molecule has 0 heteroatoms. The molecule has 0 atom stereocenters. The molecule has 0 heterocycles. The first-order valence-corrected chi connectivity index (χ1v) is 15.5. The molecule has 0 aliphatic heterocycles. The van der Waals surface area contributed by atoms with E-state index < -0.39 is 0 Å². The smallest absolute Gasteiger partial charge is 0.0352 e. The van der Waals surface area contributed by atoms with E-state index in [1.54, 1.807) is 0 Å². The highest BCUT2D eigenvalue weighted by Gasteiger charge is 1.73. The SMILES string of the molecule is C=C(C)C.C=C(C)C.C=C(C)CC.C=CCC.CC(C)C.CC=C(C)C.CC=C(C)CC.CCC.CCCC. The van der Waals surface area contributed by atoms with Gasteiger partial charge < -0.3 is 0 Å². The number of rotatable bonds is 4. The molecule has 0 aromatic carbocycles. The summed E-state index contributed by atoms with van der Waals surface area (Å²) in [6.45, 7) is 56.0. The first-order valence-electron chi connectivity index (χ1n) is 15.5. The zero-order valence-corrected chi connectivity index (χ0v) is 31.9. The molecule has 0 nitrogen and oxygen atoms in total. The lowest BCUT2D eigenvalue weighted by atomic mass is 10.2. The van der Waals surface area contributed by atoms with Gasteiger partial charge in [-0.05, 0) is 94.4 Å². The van der Waals surface area contributed by atoms with Crippen LogP contribution in [0, 0.1) is 5.92 Å². The molecule has 39 heavy (non-hydrogen) atoms. The van der Waals surface area contributed by atoms with E-state index in [9.17, 15) is 0 Å². The summed E-state index contributed by atoms with van der Waals surface area (Å²) in [5.74, 6) is 0.833. The molecule has 240 valence electrons. The van der Waals surface area contributed by atoms with Gasteiger partial charge in [0.25, 0.3) is 0 Å². The highest BCUT2D eigenvalue weighted by atomic mass is 13.8. The molecule has 0 fully saturated rings. The van der Waals surface area contributed by atoms with Crippen LogP contribution in [0.25, 0.3) is 0 Å². The largest absolute Gasteiger partial charge is 0.103 e. The fourth-order valence-corrected chi connectivity index (χ4v) is 0.204. The molecule has 0 aliphatic carbocycles. The molecule has 0 saturated carbocycles. The summed E-state index contributed by atoms with van der Waals surface area (Å²) in [6, 6.07) is 0. The van der Waals surface area contributed by atoms with Crippen LogP contribution in [0.1, 0.15) is 177 Å². The Labute approximate surface area is 255 Å². The van der Waals surface area contributed by atoms with Crippen molar-refractivity contribution in [2.75, 3.05) is 0 Å².